The van der Waals surface area contributed by atoms with Crippen molar-refractivity contribution in [3.63, 3.8) is 0 Å². The van der Waals surface area contributed by atoms with E-state index in [1.807, 2.05) is 56.6 Å². The van der Waals surface area contributed by atoms with E-state index in [0.717, 1.165) is 24.1 Å². The van der Waals surface area contributed by atoms with Crippen molar-refractivity contribution in [3.8, 4) is 5.75 Å². The van der Waals surface area contributed by atoms with Gasteiger partial charge in [0.1, 0.15) is 12.4 Å². The molecule has 1 heterocycles. The smallest absolute Gasteiger partial charge is 0.197 e. The molecule has 0 aromatic heterocycles. The first-order valence-corrected chi connectivity index (χ1v) is 7.18. The monoisotopic (exact) mass is 317 g/mol. The number of ether oxygens (including phenoxy) is 1. The molecular weight excluding hydrogens is 298 g/mol. The van der Waals surface area contributed by atoms with Gasteiger partial charge in [0.25, 0.3) is 0 Å². The van der Waals surface area contributed by atoms with Gasteiger partial charge in [0.2, 0.25) is 0 Å². The lowest BCUT2D eigenvalue weighted by Crippen LogP contribution is -2.15. The van der Waals surface area contributed by atoms with Gasteiger partial charge < -0.3 is 9.64 Å². The average Bonchev–Trinajstić information content (AvgIpc) is 2.63. The number of carbonyl (C=O) groups excluding carboxylic acids is 1. The van der Waals surface area contributed by atoms with Crippen molar-refractivity contribution in [1.82, 2.24) is 4.90 Å². The molecule has 0 saturated carbocycles. The van der Waals surface area contributed by atoms with E-state index in [1.54, 1.807) is 0 Å². The van der Waals surface area contributed by atoms with Crippen LogP contribution in [-0.4, -0.2) is 31.3 Å². The third-order valence-corrected chi connectivity index (χ3v) is 3.78. The van der Waals surface area contributed by atoms with Crippen LogP contribution >= 0.6 is 12.4 Å². The zero-order valence-corrected chi connectivity index (χ0v) is 13.7. The molecule has 1 aliphatic rings. The summed E-state index contributed by atoms with van der Waals surface area (Å²) < 4.78 is 5.79. The first kappa shape index (κ1) is 16.5. The minimum absolute atomic E-state index is 0. The standard InChI is InChI=1S/C18H19NO2.ClH/c1-19(2)10-9-13-7-8-17-16(11-13)18(20)15-6-4-3-5-14(15)12-21-17;/h3-8,11H,9-10,12H2,1-2H3;1H. The summed E-state index contributed by atoms with van der Waals surface area (Å²) in [6.45, 7) is 1.41. The van der Waals surface area contributed by atoms with E-state index in [2.05, 4.69) is 4.90 Å². The Hall–Kier alpha value is -1.84. The Balaban J connectivity index is 0.00000176. The second-order valence-corrected chi connectivity index (χ2v) is 5.66. The maximum absolute atomic E-state index is 12.7. The fourth-order valence-electron chi connectivity index (χ4n) is 2.56. The van der Waals surface area contributed by atoms with Gasteiger partial charge in [-0.25, -0.2) is 0 Å². The average molecular weight is 318 g/mol. The van der Waals surface area contributed by atoms with Gasteiger partial charge in [-0.1, -0.05) is 30.3 Å². The van der Waals surface area contributed by atoms with Gasteiger partial charge in [-0.2, -0.15) is 0 Å². The van der Waals surface area contributed by atoms with Gasteiger partial charge in [-0.15, -0.1) is 12.4 Å². The lowest BCUT2D eigenvalue weighted by atomic mass is 9.97. The Bertz CT molecular complexity index is 683. The number of likely N-dealkylation sites (N-methyl/N-ethyl adjacent to an activating group) is 1. The molecule has 3 nitrogen and oxygen atoms in total. The predicted molar refractivity (Wildman–Crippen MR) is 90.2 cm³/mol. The molecule has 0 fully saturated rings. The summed E-state index contributed by atoms with van der Waals surface area (Å²) in [4.78, 5) is 14.9. The predicted octanol–water partition coefficient (Wildman–Crippen LogP) is 3.34. The number of carbonyl (C=O) groups is 1. The minimum Gasteiger partial charge on any atom is -0.488 e. The van der Waals surface area contributed by atoms with E-state index in [1.165, 1.54) is 5.56 Å². The van der Waals surface area contributed by atoms with Crippen LogP contribution in [0.3, 0.4) is 0 Å². The number of nitrogens with zero attached hydrogens (tertiary/aromatic N) is 1. The Morgan fingerprint density at radius 2 is 1.86 bits per heavy atom. The molecule has 0 unspecified atom stereocenters. The Kier molecular flexibility index (Phi) is 5.22. The number of ketones is 1. The van der Waals surface area contributed by atoms with Crippen LogP contribution in [0, 0.1) is 0 Å². The van der Waals surface area contributed by atoms with Gasteiger partial charge >= 0.3 is 0 Å². The topological polar surface area (TPSA) is 29.5 Å². The first-order chi connectivity index (χ1) is 10.1. The van der Waals surface area contributed by atoms with Crippen LogP contribution in [0.15, 0.2) is 42.5 Å². The zero-order chi connectivity index (χ0) is 14.8. The molecule has 0 saturated heterocycles. The highest BCUT2D eigenvalue weighted by molar-refractivity contribution is 6.12. The molecule has 0 aliphatic carbocycles. The van der Waals surface area contributed by atoms with Crippen molar-refractivity contribution in [1.29, 1.82) is 0 Å². The first-order valence-electron chi connectivity index (χ1n) is 7.18. The van der Waals surface area contributed by atoms with Crippen LogP contribution in [0.2, 0.25) is 0 Å². The van der Waals surface area contributed by atoms with Crippen molar-refractivity contribution < 1.29 is 9.53 Å². The number of hydrogen-bond donors (Lipinski definition) is 0. The highest BCUT2D eigenvalue weighted by Gasteiger charge is 2.22. The molecule has 2 aromatic rings. The quantitative estimate of drug-likeness (QED) is 0.869. The molecule has 2 aromatic carbocycles. The summed E-state index contributed by atoms with van der Waals surface area (Å²) >= 11 is 0. The third-order valence-electron chi connectivity index (χ3n) is 3.78. The lowest BCUT2D eigenvalue weighted by Gasteiger charge is -2.11. The summed E-state index contributed by atoms with van der Waals surface area (Å²) in [5, 5.41) is 0. The van der Waals surface area contributed by atoms with Crippen molar-refractivity contribution in [3.05, 3.63) is 64.7 Å². The van der Waals surface area contributed by atoms with Gasteiger partial charge in [-0.3, -0.25) is 4.79 Å². The van der Waals surface area contributed by atoms with Crippen molar-refractivity contribution in [2.45, 2.75) is 13.0 Å². The van der Waals surface area contributed by atoms with E-state index in [4.69, 9.17) is 4.74 Å². The van der Waals surface area contributed by atoms with E-state index < -0.39 is 0 Å². The van der Waals surface area contributed by atoms with Crippen LogP contribution in [0.5, 0.6) is 5.75 Å². The fraction of sp³-hybridized carbons (Fsp3) is 0.278. The summed E-state index contributed by atoms with van der Waals surface area (Å²) in [5.41, 5.74) is 3.55. The highest BCUT2D eigenvalue weighted by Crippen LogP contribution is 2.29. The second-order valence-electron chi connectivity index (χ2n) is 5.66. The van der Waals surface area contributed by atoms with Crippen molar-refractivity contribution in [2.24, 2.45) is 0 Å². The number of hydrogen-bond acceptors (Lipinski definition) is 3. The highest BCUT2D eigenvalue weighted by atomic mass is 35.5. The molecule has 0 atom stereocenters. The normalized spacial score (nSPS) is 12.8. The third kappa shape index (κ3) is 3.32. The number of halogens is 1. The molecule has 1 aliphatic heterocycles. The summed E-state index contributed by atoms with van der Waals surface area (Å²) in [7, 11) is 4.10. The van der Waals surface area contributed by atoms with E-state index in [9.17, 15) is 4.79 Å². The molecule has 4 heteroatoms. The van der Waals surface area contributed by atoms with E-state index >= 15 is 0 Å². The van der Waals surface area contributed by atoms with Crippen LogP contribution < -0.4 is 4.74 Å². The lowest BCUT2D eigenvalue weighted by molar-refractivity contribution is 0.103. The number of rotatable bonds is 3. The summed E-state index contributed by atoms with van der Waals surface area (Å²) in [6, 6.07) is 13.6. The van der Waals surface area contributed by atoms with E-state index in [0.29, 0.717) is 17.9 Å². The van der Waals surface area contributed by atoms with Gasteiger partial charge in [0, 0.05) is 17.7 Å². The van der Waals surface area contributed by atoms with Crippen LogP contribution in [0.1, 0.15) is 27.0 Å². The van der Waals surface area contributed by atoms with Crippen LogP contribution in [0.25, 0.3) is 0 Å². The maximum Gasteiger partial charge on any atom is 0.197 e. The van der Waals surface area contributed by atoms with Crippen LogP contribution in [0.4, 0.5) is 0 Å². The molecule has 0 N–H and O–H groups in total. The van der Waals surface area contributed by atoms with Gasteiger partial charge in [-0.05, 0) is 38.2 Å². The maximum atomic E-state index is 12.7. The van der Waals surface area contributed by atoms with Gasteiger partial charge in [0.15, 0.2) is 5.78 Å². The molecule has 0 radical (unpaired) electrons. The zero-order valence-electron chi connectivity index (χ0n) is 12.8. The fourth-order valence-corrected chi connectivity index (χ4v) is 2.56. The Morgan fingerprint density at radius 3 is 2.64 bits per heavy atom. The molecule has 22 heavy (non-hydrogen) atoms. The molecule has 0 bridgehead atoms. The molecule has 0 spiro atoms. The number of fused-ring (bicyclic) bond motifs is 2. The van der Waals surface area contributed by atoms with Gasteiger partial charge in [0.05, 0.1) is 5.56 Å². The number of benzene rings is 2. The second kappa shape index (κ2) is 6.95. The molecule has 116 valence electrons. The molecule has 3 rings (SSSR count). The summed E-state index contributed by atoms with van der Waals surface area (Å²) in [5.74, 6) is 0.745. The molecule has 0 amide bonds. The minimum atomic E-state index is 0. The Morgan fingerprint density at radius 1 is 1.09 bits per heavy atom. The Labute approximate surface area is 137 Å². The van der Waals surface area contributed by atoms with Crippen LogP contribution in [-0.2, 0) is 13.0 Å². The SMILES string of the molecule is CN(C)CCc1ccc2c(c1)C(=O)c1ccccc1CO2.Cl. The largest absolute Gasteiger partial charge is 0.488 e. The van der Waals surface area contributed by atoms with Crippen molar-refractivity contribution in [2.75, 3.05) is 20.6 Å². The molecular formula is C18H20ClNO2. The van der Waals surface area contributed by atoms with Crippen molar-refractivity contribution >= 4 is 18.2 Å². The van der Waals surface area contributed by atoms with E-state index in [-0.39, 0.29) is 18.2 Å². The summed E-state index contributed by atoms with van der Waals surface area (Å²) in [6.07, 6.45) is 0.926.